The number of hydrogen-bond donors (Lipinski definition) is 2. The van der Waals surface area contributed by atoms with E-state index in [-0.39, 0.29) is 0 Å². The highest BCUT2D eigenvalue weighted by Crippen LogP contribution is 2.39. The monoisotopic (exact) mass is 722 g/mol. The molecule has 0 fully saturated rings. The van der Waals surface area contributed by atoms with Crippen LogP contribution in [-0.4, -0.2) is 34.2 Å². The molecule has 2 N–H and O–H groups in total. The van der Waals surface area contributed by atoms with E-state index in [0.29, 0.717) is 5.56 Å². The van der Waals surface area contributed by atoms with Crippen LogP contribution >= 0.6 is 0 Å². The minimum absolute atomic E-state index is 0.715. The SMILES string of the molecule is COc1ccc(-c2c3nc(c4ccc([nH]4)c(C#Cc4ccccc4)c(C#Cc4ccccc4)c4nc(c5ccc([nH]5)c2-c2ccc(OC)cc2)C=C4)C=C3)cc1. The van der Waals surface area contributed by atoms with Crippen LogP contribution in [0.4, 0.5) is 0 Å². The average Bonchev–Trinajstić information content (AvgIpc) is 4.10. The Morgan fingerprint density at radius 3 is 1.41 bits per heavy atom. The molecule has 6 heteroatoms. The number of methoxy groups -OCH3 is 2. The van der Waals surface area contributed by atoms with Gasteiger partial charge < -0.3 is 19.4 Å². The zero-order chi connectivity index (χ0) is 37.8. The second-order valence-corrected chi connectivity index (χ2v) is 13.2. The fourth-order valence-electron chi connectivity index (χ4n) is 6.89. The van der Waals surface area contributed by atoms with Gasteiger partial charge in [0.15, 0.2) is 0 Å². The lowest BCUT2D eigenvalue weighted by molar-refractivity contribution is 0.414. The van der Waals surface area contributed by atoms with E-state index in [1.807, 2.05) is 109 Å². The standard InChI is InChI=1S/C50H34N4O2/c1-55-37-19-15-35(16-20-37)49-47-31-29-45(53-47)43-27-25-41(51-43)39(23-13-33-9-5-3-6-10-33)40(24-14-34-11-7-4-8-12-34)42-26-28-44(52-42)46-30-32-48(54-46)50(49)36-17-21-38(56-2)22-18-36/h3-12,15-22,25-32,51,54H,1-2H3. The number of hydrogen-bond acceptors (Lipinski definition) is 4. The van der Waals surface area contributed by atoms with Crippen molar-refractivity contribution < 1.29 is 9.47 Å². The highest BCUT2D eigenvalue weighted by atomic mass is 16.5. The van der Waals surface area contributed by atoms with E-state index in [9.17, 15) is 0 Å². The van der Waals surface area contributed by atoms with Crippen LogP contribution in [0.5, 0.6) is 11.5 Å². The van der Waals surface area contributed by atoms with Gasteiger partial charge in [-0.2, -0.15) is 0 Å². The minimum Gasteiger partial charge on any atom is -0.497 e. The molecule has 0 saturated carbocycles. The van der Waals surface area contributed by atoms with Gasteiger partial charge in [0.1, 0.15) is 11.5 Å². The van der Waals surface area contributed by atoms with Crippen LogP contribution in [0.3, 0.4) is 0 Å². The Balaban J connectivity index is 1.41. The molecule has 3 aromatic heterocycles. The molecule has 0 unspecified atom stereocenters. The molecule has 8 bridgehead atoms. The molecule has 0 spiro atoms. The Morgan fingerprint density at radius 1 is 0.393 bits per heavy atom. The molecule has 2 aliphatic rings. The average molecular weight is 723 g/mol. The predicted molar refractivity (Wildman–Crippen MR) is 228 cm³/mol. The van der Waals surface area contributed by atoms with Gasteiger partial charge in [0, 0.05) is 27.8 Å². The zero-order valence-corrected chi connectivity index (χ0v) is 30.7. The Morgan fingerprint density at radius 2 is 0.839 bits per heavy atom. The first-order valence-electron chi connectivity index (χ1n) is 18.2. The summed E-state index contributed by atoms with van der Waals surface area (Å²) >= 11 is 0. The first kappa shape index (κ1) is 34.0. The van der Waals surface area contributed by atoms with Crippen molar-refractivity contribution >= 4 is 46.4 Å². The van der Waals surface area contributed by atoms with Gasteiger partial charge in [-0.05, 0) is 108 Å². The molecule has 0 radical (unpaired) electrons. The van der Waals surface area contributed by atoms with Crippen LogP contribution in [-0.2, 0) is 0 Å². The van der Waals surface area contributed by atoms with Crippen LogP contribution in [0, 0.1) is 23.7 Å². The third-order valence-corrected chi connectivity index (χ3v) is 9.72. The second-order valence-electron chi connectivity index (χ2n) is 13.2. The van der Waals surface area contributed by atoms with E-state index in [1.54, 1.807) is 14.2 Å². The van der Waals surface area contributed by atoms with Crippen molar-refractivity contribution in [3.05, 3.63) is 178 Å². The third kappa shape index (κ3) is 6.76. The number of nitrogens with one attached hydrogen (secondary N) is 2. The topological polar surface area (TPSA) is 75.8 Å². The Labute approximate surface area is 324 Å². The first-order valence-corrected chi connectivity index (χ1v) is 18.2. The van der Waals surface area contributed by atoms with E-state index in [0.717, 1.165) is 95.3 Å². The van der Waals surface area contributed by atoms with E-state index in [4.69, 9.17) is 19.4 Å². The molecule has 6 nitrogen and oxygen atoms in total. The van der Waals surface area contributed by atoms with Crippen LogP contribution in [0.15, 0.2) is 133 Å². The van der Waals surface area contributed by atoms with Gasteiger partial charge >= 0.3 is 0 Å². The molecule has 2 aliphatic heterocycles. The lowest BCUT2D eigenvalue weighted by atomic mass is 9.93. The van der Waals surface area contributed by atoms with Crippen LogP contribution in [0.25, 0.3) is 68.6 Å². The number of fused-ring (bicyclic) bond motifs is 10. The van der Waals surface area contributed by atoms with Gasteiger partial charge in [0.2, 0.25) is 0 Å². The summed E-state index contributed by atoms with van der Waals surface area (Å²) in [6, 6.07) is 44.5. The smallest absolute Gasteiger partial charge is 0.118 e. The van der Waals surface area contributed by atoms with Crippen LogP contribution in [0.1, 0.15) is 45.0 Å². The highest BCUT2D eigenvalue weighted by molar-refractivity contribution is 5.99. The minimum atomic E-state index is 0.715. The van der Waals surface area contributed by atoms with Gasteiger partial charge in [-0.1, -0.05) is 84.3 Å². The molecule has 9 rings (SSSR count). The summed E-state index contributed by atoms with van der Waals surface area (Å²) in [7, 11) is 3.35. The summed E-state index contributed by atoms with van der Waals surface area (Å²) in [5, 5.41) is 0. The summed E-state index contributed by atoms with van der Waals surface area (Å²) in [4.78, 5) is 17.9. The van der Waals surface area contributed by atoms with Crippen LogP contribution < -0.4 is 9.47 Å². The normalized spacial score (nSPS) is 11.3. The highest BCUT2D eigenvalue weighted by Gasteiger charge is 2.18. The molecule has 0 atom stereocenters. The summed E-state index contributed by atoms with van der Waals surface area (Å²) in [5.41, 5.74) is 13.7. The van der Waals surface area contributed by atoms with Crippen LogP contribution in [0.2, 0.25) is 0 Å². The summed E-state index contributed by atoms with van der Waals surface area (Å²) in [6.45, 7) is 0. The number of benzene rings is 4. The number of ether oxygens (including phenoxy) is 2. The molecule has 5 heterocycles. The maximum atomic E-state index is 5.55. The van der Waals surface area contributed by atoms with Crippen molar-refractivity contribution in [2.45, 2.75) is 0 Å². The molecule has 266 valence electrons. The third-order valence-electron chi connectivity index (χ3n) is 9.72. The quantitative estimate of drug-likeness (QED) is 0.177. The number of rotatable bonds is 4. The maximum absolute atomic E-state index is 5.55. The Kier molecular flexibility index (Phi) is 9.05. The summed E-state index contributed by atoms with van der Waals surface area (Å²) < 4.78 is 11.1. The summed E-state index contributed by atoms with van der Waals surface area (Å²) in [6.07, 6.45) is 8.18. The number of nitrogens with zero attached hydrogens (tertiary/aromatic N) is 2. The van der Waals surface area contributed by atoms with E-state index < -0.39 is 0 Å². The number of aromatic amines is 2. The van der Waals surface area contributed by atoms with Crippen molar-refractivity contribution in [1.82, 2.24) is 19.9 Å². The molecule has 56 heavy (non-hydrogen) atoms. The fourth-order valence-corrected chi connectivity index (χ4v) is 6.89. The van der Waals surface area contributed by atoms with Crippen molar-refractivity contribution in [2.75, 3.05) is 14.2 Å². The lowest BCUT2D eigenvalue weighted by Gasteiger charge is -2.13. The van der Waals surface area contributed by atoms with Gasteiger partial charge in [-0.3, -0.25) is 0 Å². The molecule has 4 aromatic carbocycles. The van der Waals surface area contributed by atoms with Gasteiger partial charge in [0.25, 0.3) is 0 Å². The summed E-state index contributed by atoms with van der Waals surface area (Å²) in [5.74, 6) is 15.3. The van der Waals surface area contributed by atoms with E-state index >= 15 is 0 Å². The van der Waals surface area contributed by atoms with Gasteiger partial charge in [-0.25, -0.2) is 9.97 Å². The Bertz CT molecular complexity index is 2970. The van der Waals surface area contributed by atoms with E-state index in [2.05, 4.69) is 82.2 Å². The van der Waals surface area contributed by atoms with Crippen molar-refractivity contribution in [2.24, 2.45) is 0 Å². The maximum Gasteiger partial charge on any atom is 0.118 e. The zero-order valence-electron chi connectivity index (χ0n) is 30.7. The predicted octanol–water partition coefficient (Wildman–Crippen LogP) is 10.8. The molecular formula is C50H34N4O2. The molecule has 0 saturated heterocycles. The van der Waals surface area contributed by atoms with Crippen molar-refractivity contribution in [3.8, 4) is 57.4 Å². The first-order chi connectivity index (χ1) is 27.6. The van der Waals surface area contributed by atoms with Gasteiger partial charge in [0.05, 0.1) is 64.7 Å². The van der Waals surface area contributed by atoms with E-state index in [1.165, 1.54) is 0 Å². The molecular weight excluding hydrogens is 689 g/mol. The van der Waals surface area contributed by atoms with Gasteiger partial charge in [-0.15, -0.1) is 0 Å². The molecule has 0 amide bonds. The van der Waals surface area contributed by atoms with Crippen molar-refractivity contribution in [3.63, 3.8) is 0 Å². The fraction of sp³-hybridized carbons (Fsp3) is 0.0400. The second kappa shape index (κ2) is 14.9. The molecule has 7 aromatic rings. The lowest BCUT2D eigenvalue weighted by Crippen LogP contribution is -1.92. The number of aromatic nitrogens is 4. The number of H-pyrrole nitrogens is 2. The molecule has 0 aliphatic carbocycles. The van der Waals surface area contributed by atoms with Crippen molar-refractivity contribution in [1.29, 1.82) is 0 Å². The largest absolute Gasteiger partial charge is 0.497 e. The Hall–Kier alpha value is -7.80.